The van der Waals surface area contributed by atoms with Crippen molar-refractivity contribution >= 4 is 50.7 Å². The van der Waals surface area contributed by atoms with Crippen molar-refractivity contribution < 1.29 is 22.7 Å². The first-order chi connectivity index (χ1) is 16.9. The Balaban J connectivity index is 2.52. The largest absolute Gasteiger partial charge is 0.495 e. The molecule has 11 heteroatoms. The lowest BCUT2D eigenvalue weighted by atomic mass is 10.1. The van der Waals surface area contributed by atoms with E-state index < -0.39 is 28.5 Å². The highest BCUT2D eigenvalue weighted by atomic mass is 35.5. The third-order valence-corrected chi connectivity index (χ3v) is 7.42. The Labute approximate surface area is 223 Å². The standard InChI is InChI=1S/C25H33Cl2N3O5S/c1-6-12-28-25(32)21(7-2)29(15-18-9-10-19(26)20(27)14-18)24(31)16-30(36(5,33)34)22-13-17(3)8-11-23(22)35-4/h8-11,13-14,21H,6-7,12,15-16H2,1-5H3,(H,28,32). The van der Waals surface area contributed by atoms with Crippen molar-refractivity contribution in [2.45, 2.75) is 46.2 Å². The van der Waals surface area contributed by atoms with Crippen LogP contribution in [0.25, 0.3) is 0 Å². The second-order valence-corrected chi connectivity index (χ2v) is 11.2. The lowest BCUT2D eigenvalue weighted by Gasteiger charge is -2.33. The van der Waals surface area contributed by atoms with Crippen LogP contribution in [0.4, 0.5) is 5.69 Å². The molecule has 0 saturated carbocycles. The molecule has 0 spiro atoms. The smallest absolute Gasteiger partial charge is 0.244 e. The van der Waals surface area contributed by atoms with E-state index in [1.165, 1.54) is 12.0 Å². The van der Waals surface area contributed by atoms with E-state index in [9.17, 15) is 18.0 Å². The van der Waals surface area contributed by atoms with Gasteiger partial charge in [-0.05, 0) is 55.2 Å². The van der Waals surface area contributed by atoms with E-state index >= 15 is 0 Å². The summed E-state index contributed by atoms with van der Waals surface area (Å²) in [5, 5.41) is 3.51. The van der Waals surface area contributed by atoms with E-state index in [0.29, 0.717) is 34.3 Å². The van der Waals surface area contributed by atoms with Crippen LogP contribution < -0.4 is 14.4 Å². The number of nitrogens with one attached hydrogen (secondary N) is 1. The van der Waals surface area contributed by atoms with Gasteiger partial charge in [0, 0.05) is 13.1 Å². The average Bonchev–Trinajstić information content (AvgIpc) is 2.82. The second-order valence-electron chi connectivity index (χ2n) is 8.43. The number of hydrogen-bond donors (Lipinski definition) is 1. The molecule has 1 N–H and O–H groups in total. The minimum Gasteiger partial charge on any atom is -0.495 e. The number of benzene rings is 2. The molecule has 0 bridgehead atoms. The summed E-state index contributed by atoms with van der Waals surface area (Å²) < 4.78 is 32.0. The van der Waals surface area contributed by atoms with Crippen LogP contribution in [-0.4, -0.2) is 57.6 Å². The average molecular weight is 559 g/mol. The summed E-state index contributed by atoms with van der Waals surface area (Å²) in [4.78, 5) is 28.1. The molecule has 0 aromatic heterocycles. The van der Waals surface area contributed by atoms with Crippen molar-refractivity contribution in [3.8, 4) is 5.75 Å². The normalized spacial score (nSPS) is 12.1. The SMILES string of the molecule is CCCNC(=O)C(CC)N(Cc1ccc(Cl)c(Cl)c1)C(=O)CN(c1cc(C)ccc1OC)S(C)(=O)=O. The number of aryl methyl sites for hydroxylation is 1. The summed E-state index contributed by atoms with van der Waals surface area (Å²) in [6.45, 7) is 5.52. The molecule has 0 saturated heterocycles. The number of nitrogens with zero attached hydrogens (tertiary/aromatic N) is 2. The van der Waals surface area contributed by atoms with Crippen LogP contribution in [0.15, 0.2) is 36.4 Å². The van der Waals surface area contributed by atoms with Gasteiger partial charge in [-0.25, -0.2) is 8.42 Å². The summed E-state index contributed by atoms with van der Waals surface area (Å²) in [6, 6.07) is 9.20. The third-order valence-electron chi connectivity index (χ3n) is 5.55. The Morgan fingerprint density at radius 3 is 2.33 bits per heavy atom. The van der Waals surface area contributed by atoms with E-state index in [1.54, 1.807) is 43.3 Å². The Bertz CT molecular complexity index is 1190. The Morgan fingerprint density at radius 1 is 1.08 bits per heavy atom. The first-order valence-electron chi connectivity index (χ1n) is 11.6. The highest BCUT2D eigenvalue weighted by Crippen LogP contribution is 2.31. The number of hydrogen-bond acceptors (Lipinski definition) is 5. The Hall–Kier alpha value is -2.49. The van der Waals surface area contributed by atoms with E-state index in [1.807, 2.05) is 13.8 Å². The number of anilines is 1. The van der Waals surface area contributed by atoms with E-state index in [-0.39, 0.29) is 18.1 Å². The second kappa shape index (κ2) is 13.2. The summed E-state index contributed by atoms with van der Waals surface area (Å²) >= 11 is 12.2. The zero-order valence-electron chi connectivity index (χ0n) is 21.2. The highest BCUT2D eigenvalue weighted by Gasteiger charge is 2.32. The molecule has 2 rings (SSSR count). The summed E-state index contributed by atoms with van der Waals surface area (Å²) in [5.41, 5.74) is 1.69. The molecule has 2 aromatic carbocycles. The predicted octanol–water partition coefficient (Wildman–Crippen LogP) is 4.41. The maximum Gasteiger partial charge on any atom is 0.244 e. The molecule has 0 aliphatic rings. The maximum absolute atomic E-state index is 13.7. The lowest BCUT2D eigenvalue weighted by Crippen LogP contribution is -2.52. The Morgan fingerprint density at radius 2 is 1.78 bits per heavy atom. The number of carbonyl (C=O) groups excluding carboxylic acids is 2. The molecule has 2 amide bonds. The van der Waals surface area contributed by atoms with Gasteiger partial charge in [0.2, 0.25) is 21.8 Å². The van der Waals surface area contributed by atoms with Crippen LogP contribution in [0.3, 0.4) is 0 Å². The number of amides is 2. The van der Waals surface area contributed by atoms with Crippen LogP contribution >= 0.6 is 23.2 Å². The lowest BCUT2D eigenvalue weighted by molar-refractivity contribution is -0.140. The molecule has 36 heavy (non-hydrogen) atoms. The van der Waals surface area contributed by atoms with Crippen molar-refractivity contribution in [2.75, 3.05) is 30.8 Å². The zero-order valence-corrected chi connectivity index (χ0v) is 23.5. The Kier molecular flexibility index (Phi) is 10.9. The molecule has 0 aliphatic carbocycles. The predicted molar refractivity (Wildman–Crippen MR) is 144 cm³/mol. The summed E-state index contributed by atoms with van der Waals surface area (Å²) in [7, 11) is -2.45. The van der Waals surface area contributed by atoms with Crippen LogP contribution in [-0.2, 0) is 26.2 Å². The number of rotatable bonds is 12. The topological polar surface area (TPSA) is 96.0 Å². The van der Waals surface area contributed by atoms with E-state index in [4.69, 9.17) is 27.9 Å². The fourth-order valence-corrected chi connectivity index (χ4v) is 4.88. The number of carbonyl (C=O) groups is 2. The van der Waals surface area contributed by atoms with Gasteiger partial charge in [0.15, 0.2) is 0 Å². The molecule has 0 heterocycles. The van der Waals surface area contributed by atoms with Crippen molar-refractivity contribution in [2.24, 2.45) is 0 Å². The fourth-order valence-electron chi connectivity index (χ4n) is 3.71. The van der Waals surface area contributed by atoms with Gasteiger partial charge < -0.3 is 15.0 Å². The van der Waals surface area contributed by atoms with Gasteiger partial charge in [-0.15, -0.1) is 0 Å². The molecule has 8 nitrogen and oxygen atoms in total. The summed E-state index contributed by atoms with van der Waals surface area (Å²) in [6.07, 6.45) is 2.09. The quantitative estimate of drug-likeness (QED) is 0.417. The van der Waals surface area contributed by atoms with Crippen LogP contribution in [0, 0.1) is 6.92 Å². The maximum atomic E-state index is 13.7. The third kappa shape index (κ3) is 7.75. The molecule has 198 valence electrons. The van der Waals surface area contributed by atoms with Crippen LogP contribution in [0.2, 0.25) is 10.0 Å². The molecule has 0 aliphatic heterocycles. The van der Waals surface area contributed by atoms with Gasteiger partial charge in [-0.1, -0.05) is 49.2 Å². The molecule has 1 unspecified atom stereocenters. The van der Waals surface area contributed by atoms with Gasteiger partial charge in [0.25, 0.3) is 0 Å². The van der Waals surface area contributed by atoms with Gasteiger partial charge in [0.05, 0.1) is 29.1 Å². The number of halogens is 2. The first kappa shape index (κ1) is 29.7. The monoisotopic (exact) mass is 557 g/mol. The van der Waals surface area contributed by atoms with Crippen molar-refractivity contribution in [1.82, 2.24) is 10.2 Å². The van der Waals surface area contributed by atoms with Gasteiger partial charge in [-0.2, -0.15) is 0 Å². The number of ether oxygens (including phenoxy) is 1. The highest BCUT2D eigenvalue weighted by molar-refractivity contribution is 7.92. The molecule has 0 fully saturated rings. The van der Waals surface area contributed by atoms with Crippen LogP contribution in [0.5, 0.6) is 5.75 Å². The molecule has 0 radical (unpaired) electrons. The minimum absolute atomic E-state index is 0.0380. The van der Waals surface area contributed by atoms with Gasteiger partial charge >= 0.3 is 0 Å². The molecule has 1 atom stereocenters. The van der Waals surface area contributed by atoms with Crippen molar-refractivity contribution in [3.05, 3.63) is 57.6 Å². The minimum atomic E-state index is -3.88. The zero-order chi connectivity index (χ0) is 27.0. The molecule has 2 aromatic rings. The van der Waals surface area contributed by atoms with E-state index in [0.717, 1.165) is 22.5 Å². The first-order valence-corrected chi connectivity index (χ1v) is 14.2. The number of methoxy groups -OCH3 is 1. The van der Waals surface area contributed by atoms with E-state index in [2.05, 4.69) is 5.32 Å². The summed E-state index contributed by atoms with van der Waals surface area (Å²) in [5.74, 6) is -0.553. The van der Waals surface area contributed by atoms with Gasteiger partial charge in [0.1, 0.15) is 18.3 Å². The van der Waals surface area contributed by atoms with Gasteiger partial charge in [-0.3, -0.25) is 13.9 Å². The molecular formula is C25H33Cl2N3O5S. The number of sulfonamides is 1. The molecular weight excluding hydrogens is 525 g/mol. The van der Waals surface area contributed by atoms with Crippen molar-refractivity contribution in [1.29, 1.82) is 0 Å². The van der Waals surface area contributed by atoms with Crippen molar-refractivity contribution in [3.63, 3.8) is 0 Å². The fraction of sp³-hybridized carbons (Fsp3) is 0.440. The van der Waals surface area contributed by atoms with Crippen LogP contribution in [0.1, 0.15) is 37.8 Å².